The molecule has 0 aliphatic heterocycles. The Morgan fingerprint density at radius 2 is 0.434 bits per heavy atom. The fourth-order valence-corrected chi connectivity index (χ4v) is 8.52. The first kappa shape index (κ1) is 77.5. The SMILES string of the molecule is CC/C=C\C/C=C\C/C=C\C/C=C\C/C=C\C/C=C\CCCCC(=O)OC(COC(=O)CCCCCCCC/C=C\C/C=C\C/C=C\C/C=C\CC)COC(=O)CCCCCCCCCCC/C=C\C/C=C\C/C=C\C/C=C\C/C=C\CC. The molecular formula is C77H120O6. The van der Waals surface area contributed by atoms with Gasteiger partial charge in [-0.25, -0.2) is 0 Å². The van der Waals surface area contributed by atoms with Gasteiger partial charge in [0.05, 0.1) is 0 Å². The van der Waals surface area contributed by atoms with E-state index >= 15 is 0 Å². The van der Waals surface area contributed by atoms with Gasteiger partial charge in [-0.05, 0) is 154 Å². The van der Waals surface area contributed by atoms with E-state index in [4.69, 9.17) is 14.2 Å². The van der Waals surface area contributed by atoms with E-state index in [-0.39, 0.29) is 37.5 Å². The number of unbranched alkanes of at least 4 members (excludes halogenated alkanes) is 17. The van der Waals surface area contributed by atoms with Gasteiger partial charge in [-0.2, -0.15) is 0 Å². The molecular weight excluding hydrogens is 1020 g/mol. The number of carbonyl (C=O) groups is 3. The lowest BCUT2D eigenvalue weighted by Gasteiger charge is -2.18. The number of allylic oxidation sites excluding steroid dienone is 30. The van der Waals surface area contributed by atoms with E-state index in [9.17, 15) is 14.4 Å². The molecule has 83 heavy (non-hydrogen) atoms. The molecule has 6 nitrogen and oxygen atoms in total. The number of hydrogen-bond donors (Lipinski definition) is 0. The van der Waals surface area contributed by atoms with Crippen molar-refractivity contribution in [2.75, 3.05) is 13.2 Å². The van der Waals surface area contributed by atoms with Crippen molar-refractivity contribution < 1.29 is 28.6 Å². The zero-order chi connectivity index (χ0) is 59.9. The molecule has 0 heterocycles. The highest BCUT2D eigenvalue weighted by atomic mass is 16.6. The summed E-state index contributed by atoms with van der Waals surface area (Å²) in [5.41, 5.74) is 0. The van der Waals surface area contributed by atoms with Crippen LogP contribution >= 0.6 is 0 Å². The smallest absolute Gasteiger partial charge is 0.306 e. The van der Waals surface area contributed by atoms with Gasteiger partial charge < -0.3 is 14.2 Å². The van der Waals surface area contributed by atoms with E-state index in [1.54, 1.807) is 0 Å². The van der Waals surface area contributed by atoms with Crippen LogP contribution in [0.1, 0.15) is 265 Å². The molecule has 464 valence electrons. The van der Waals surface area contributed by atoms with E-state index in [1.165, 1.54) is 51.4 Å². The molecule has 0 aromatic carbocycles. The number of hydrogen-bond acceptors (Lipinski definition) is 6. The Balaban J connectivity index is 4.53. The third kappa shape index (κ3) is 67.2. The molecule has 0 spiro atoms. The van der Waals surface area contributed by atoms with Crippen molar-refractivity contribution in [2.45, 2.75) is 271 Å². The summed E-state index contributed by atoms with van der Waals surface area (Å²) in [6.45, 7) is 6.25. The Kier molecular flexibility index (Phi) is 64.4. The van der Waals surface area contributed by atoms with Crippen LogP contribution in [0.15, 0.2) is 182 Å². The molecule has 0 amide bonds. The van der Waals surface area contributed by atoms with E-state index in [0.29, 0.717) is 19.3 Å². The standard InChI is InChI=1S/C77H120O6/c1-4-7-10-13-16-19-22-25-28-31-34-36-37-38-39-41-43-46-49-52-55-58-61-64-67-70-76(79)82-73-74(72-81-75(78)69-66-63-60-57-54-51-48-45-42-33-30-27-24-21-18-15-12-9-6-3)83-77(80)71-68-65-62-59-56-53-50-47-44-40-35-32-29-26-23-20-17-14-11-8-5-2/h7-12,16-21,25-30,34-36,38-40,42,45,47,50,56,59,74H,4-6,13-15,22-24,31-33,37,41,43-44,46,48-49,51-55,57-58,60-73H2,1-3H3/b10-7-,11-8-,12-9-,19-16-,20-17-,21-18-,28-25-,29-26-,30-27-,36-34-,39-38-,40-35-,45-42-,50-47-,59-56-. The van der Waals surface area contributed by atoms with Crippen molar-refractivity contribution in [3.8, 4) is 0 Å². The maximum absolute atomic E-state index is 12.9. The Labute approximate surface area is 510 Å². The van der Waals surface area contributed by atoms with Crippen LogP contribution in [-0.2, 0) is 28.6 Å². The van der Waals surface area contributed by atoms with Gasteiger partial charge >= 0.3 is 17.9 Å². The molecule has 0 saturated carbocycles. The minimum Gasteiger partial charge on any atom is -0.462 e. The monoisotopic (exact) mass is 1140 g/mol. The predicted octanol–water partition coefficient (Wildman–Crippen LogP) is 23.2. The highest BCUT2D eigenvalue weighted by molar-refractivity contribution is 5.71. The topological polar surface area (TPSA) is 78.9 Å². The van der Waals surface area contributed by atoms with Crippen LogP contribution in [0.5, 0.6) is 0 Å². The molecule has 0 aromatic heterocycles. The first-order valence-electron chi connectivity index (χ1n) is 33.3. The maximum atomic E-state index is 12.9. The van der Waals surface area contributed by atoms with Crippen LogP contribution in [-0.4, -0.2) is 37.2 Å². The van der Waals surface area contributed by atoms with E-state index in [2.05, 4.69) is 203 Å². The lowest BCUT2D eigenvalue weighted by atomic mass is 10.1. The van der Waals surface area contributed by atoms with Gasteiger partial charge in [0, 0.05) is 19.3 Å². The zero-order valence-electron chi connectivity index (χ0n) is 53.1. The summed E-state index contributed by atoms with van der Waals surface area (Å²) in [6.07, 6.45) is 103. The van der Waals surface area contributed by atoms with Crippen molar-refractivity contribution in [3.63, 3.8) is 0 Å². The fourth-order valence-electron chi connectivity index (χ4n) is 8.52. The summed E-state index contributed by atoms with van der Waals surface area (Å²) >= 11 is 0. The van der Waals surface area contributed by atoms with Crippen molar-refractivity contribution in [1.29, 1.82) is 0 Å². The second-order valence-corrected chi connectivity index (χ2v) is 21.2. The van der Waals surface area contributed by atoms with Crippen LogP contribution < -0.4 is 0 Å². The Hall–Kier alpha value is -5.49. The lowest BCUT2D eigenvalue weighted by Crippen LogP contribution is -2.30. The number of ether oxygens (including phenoxy) is 3. The first-order valence-corrected chi connectivity index (χ1v) is 33.3. The van der Waals surface area contributed by atoms with Gasteiger partial charge in [-0.1, -0.05) is 274 Å². The third-order valence-electron chi connectivity index (χ3n) is 13.4. The molecule has 0 aliphatic rings. The summed E-state index contributed by atoms with van der Waals surface area (Å²) < 4.78 is 16.9. The fraction of sp³-hybridized carbons (Fsp3) is 0.571. The van der Waals surface area contributed by atoms with Crippen molar-refractivity contribution >= 4 is 17.9 Å². The summed E-state index contributed by atoms with van der Waals surface area (Å²) in [4.78, 5) is 38.4. The van der Waals surface area contributed by atoms with Crippen molar-refractivity contribution in [1.82, 2.24) is 0 Å². The maximum Gasteiger partial charge on any atom is 0.306 e. The molecule has 1 unspecified atom stereocenters. The second kappa shape index (κ2) is 69.0. The highest BCUT2D eigenvalue weighted by Crippen LogP contribution is 2.14. The van der Waals surface area contributed by atoms with E-state index in [0.717, 1.165) is 167 Å². The van der Waals surface area contributed by atoms with Gasteiger partial charge in [0.1, 0.15) is 13.2 Å². The van der Waals surface area contributed by atoms with Gasteiger partial charge in [-0.3, -0.25) is 14.4 Å². The van der Waals surface area contributed by atoms with Crippen LogP contribution in [0.3, 0.4) is 0 Å². The van der Waals surface area contributed by atoms with E-state index < -0.39 is 6.10 Å². The van der Waals surface area contributed by atoms with Crippen LogP contribution in [0.25, 0.3) is 0 Å². The zero-order valence-corrected chi connectivity index (χ0v) is 53.1. The molecule has 1 atom stereocenters. The Bertz CT molecular complexity index is 1940. The highest BCUT2D eigenvalue weighted by Gasteiger charge is 2.19. The second-order valence-electron chi connectivity index (χ2n) is 21.2. The molecule has 0 fully saturated rings. The first-order chi connectivity index (χ1) is 41.0. The van der Waals surface area contributed by atoms with E-state index in [1.807, 2.05) is 0 Å². The van der Waals surface area contributed by atoms with Gasteiger partial charge in [0.15, 0.2) is 6.10 Å². The van der Waals surface area contributed by atoms with Crippen LogP contribution in [0.2, 0.25) is 0 Å². The average molecular weight is 1140 g/mol. The number of rotatable bonds is 58. The van der Waals surface area contributed by atoms with Crippen LogP contribution in [0.4, 0.5) is 0 Å². The Morgan fingerprint density at radius 3 is 0.699 bits per heavy atom. The molecule has 6 heteroatoms. The average Bonchev–Trinajstić information content (AvgIpc) is 3.50. The van der Waals surface area contributed by atoms with Crippen molar-refractivity contribution in [2.24, 2.45) is 0 Å². The normalized spacial score (nSPS) is 13.3. The minimum absolute atomic E-state index is 0.113. The summed E-state index contributed by atoms with van der Waals surface area (Å²) in [5, 5.41) is 0. The number of esters is 3. The van der Waals surface area contributed by atoms with Crippen molar-refractivity contribution in [3.05, 3.63) is 182 Å². The molecule has 0 rings (SSSR count). The molecule has 0 aliphatic carbocycles. The molecule has 0 aromatic rings. The number of carbonyl (C=O) groups excluding carboxylic acids is 3. The molecule has 0 N–H and O–H groups in total. The molecule has 0 saturated heterocycles. The third-order valence-corrected chi connectivity index (χ3v) is 13.4. The lowest BCUT2D eigenvalue weighted by molar-refractivity contribution is -0.167. The largest absolute Gasteiger partial charge is 0.462 e. The van der Waals surface area contributed by atoms with Gasteiger partial charge in [0.2, 0.25) is 0 Å². The summed E-state index contributed by atoms with van der Waals surface area (Å²) in [7, 11) is 0. The molecule has 0 bridgehead atoms. The summed E-state index contributed by atoms with van der Waals surface area (Å²) in [6, 6.07) is 0. The van der Waals surface area contributed by atoms with Crippen LogP contribution in [0, 0.1) is 0 Å². The van der Waals surface area contributed by atoms with Gasteiger partial charge in [-0.15, -0.1) is 0 Å². The summed E-state index contributed by atoms with van der Waals surface area (Å²) in [5.74, 6) is -0.980. The molecule has 0 radical (unpaired) electrons. The Morgan fingerprint density at radius 1 is 0.241 bits per heavy atom. The predicted molar refractivity (Wildman–Crippen MR) is 361 cm³/mol. The minimum atomic E-state index is -0.823. The quantitative estimate of drug-likeness (QED) is 0.0261. The van der Waals surface area contributed by atoms with Gasteiger partial charge in [0.25, 0.3) is 0 Å².